The number of anilines is 5. The van der Waals surface area contributed by atoms with Gasteiger partial charge in [-0.1, -0.05) is 42.5 Å². The van der Waals surface area contributed by atoms with Crippen molar-refractivity contribution in [1.29, 1.82) is 10.5 Å². The molecule has 252 valence electrons. The fourth-order valence-electron chi connectivity index (χ4n) is 7.78. The molecule has 5 heteroatoms. The van der Waals surface area contributed by atoms with Crippen LogP contribution in [0.2, 0.25) is 0 Å². The Morgan fingerprint density at radius 1 is 0.547 bits per heavy atom. The molecule has 53 heavy (non-hydrogen) atoms. The molecule has 1 aliphatic rings. The van der Waals surface area contributed by atoms with Gasteiger partial charge >= 0.3 is 0 Å². The van der Waals surface area contributed by atoms with Crippen LogP contribution in [0.25, 0.3) is 43.5 Å². The number of nitrogens with zero attached hydrogens (tertiary/aromatic N) is 4. The molecule has 0 saturated heterocycles. The molecular weight excluding hydrogens is 649 g/mol. The molecule has 0 unspecified atom stereocenters. The quantitative estimate of drug-likeness (QED) is 0.175. The van der Waals surface area contributed by atoms with E-state index in [1.54, 1.807) is 0 Å². The lowest BCUT2D eigenvalue weighted by Crippen LogP contribution is -2.18. The number of para-hydroxylation sites is 1. The van der Waals surface area contributed by atoms with Crippen molar-refractivity contribution in [2.75, 3.05) is 9.80 Å². The maximum absolute atomic E-state index is 9.43. The van der Waals surface area contributed by atoms with E-state index in [1.807, 2.05) is 66.7 Å². The van der Waals surface area contributed by atoms with Gasteiger partial charge in [-0.05, 0) is 162 Å². The highest BCUT2D eigenvalue weighted by molar-refractivity contribution is 6.15. The number of allylic oxidation sites excluding steroid dienone is 4. The molecular formula is C48H34N4O. The van der Waals surface area contributed by atoms with Gasteiger partial charge in [0, 0.05) is 44.9 Å². The smallest absolute Gasteiger partial charge is 0.136 e. The van der Waals surface area contributed by atoms with Crippen molar-refractivity contribution in [3.63, 3.8) is 0 Å². The molecule has 1 heterocycles. The number of furan rings is 1. The first kappa shape index (κ1) is 31.9. The standard InChI is InChI=1S/C48H34N4O/c1-31-41-27-47-43(25-35(41)17-23-45(31)51(37-9-5-3-6-10-37)39-19-13-33(29-49)14-20-39)44-26-36-18-24-46(32(2)42(36)28-48(44)53-47)52(38-11-7-4-8-12-38)40-21-15-34(30-50)16-22-40/h3-7,9-11,13-28H,8,12H2,1-2H3. The number of hydrogen-bond acceptors (Lipinski definition) is 5. The summed E-state index contributed by atoms with van der Waals surface area (Å²) in [6, 6.07) is 48.1. The Hall–Kier alpha value is -7.08. The topological polar surface area (TPSA) is 67.2 Å². The summed E-state index contributed by atoms with van der Waals surface area (Å²) >= 11 is 0. The van der Waals surface area contributed by atoms with Crippen LogP contribution in [0.3, 0.4) is 0 Å². The lowest BCUT2D eigenvalue weighted by molar-refractivity contribution is 0.670. The summed E-state index contributed by atoms with van der Waals surface area (Å²) in [5.41, 5.74) is 11.7. The SMILES string of the molecule is Cc1c(N(C2=CC=CCC2)c2ccc(C#N)cc2)ccc2cc3c(cc12)oc1cc2c(C)c(N(c4ccccc4)c4ccc(C#N)cc4)ccc2cc13. The summed E-state index contributed by atoms with van der Waals surface area (Å²) in [6.07, 6.45) is 8.44. The van der Waals surface area contributed by atoms with E-state index >= 15 is 0 Å². The summed E-state index contributed by atoms with van der Waals surface area (Å²) < 4.78 is 6.69. The Labute approximate surface area is 308 Å². The maximum atomic E-state index is 9.43. The van der Waals surface area contributed by atoms with E-state index < -0.39 is 0 Å². The highest BCUT2D eigenvalue weighted by Crippen LogP contribution is 2.43. The second kappa shape index (κ2) is 12.9. The average molecular weight is 683 g/mol. The molecule has 0 fully saturated rings. The van der Waals surface area contributed by atoms with Gasteiger partial charge in [0.25, 0.3) is 0 Å². The third-order valence-corrected chi connectivity index (χ3v) is 10.5. The summed E-state index contributed by atoms with van der Waals surface area (Å²) in [4.78, 5) is 4.57. The number of rotatable bonds is 6. The van der Waals surface area contributed by atoms with E-state index in [9.17, 15) is 10.5 Å². The van der Waals surface area contributed by atoms with Gasteiger partial charge in [0.1, 0.15) is 11.2 Å². The Morgan fingerprint density at radius 3 is 1.57 bits per heavy atom. The lowest BCUT2D eigenvalue weighted by atomic mass is 9.97. The zero-order valence-electron chi connectivity index (χ0n) is 29.5. The third kappa shape index (κ3) is 5.48. The zero-order chi connectivity index (χ0) is 36.1. The van der Waals surface area contributed by atoms with E-state index in [2.05, 4.69) is 115 Å². The van der Waals surface area contributed by atoms with Crippen LogP contribution in [0.4, 0.5) is 28.4 Å². The fourth-order valence-corrected chi connectivity index (χ4v) is 7.78. The molecule has 9 rings (SSSR count). The van der Waals surface area contributed by atoms with Crippen LogP contribution in [0, 0.1) is 36.5 Å². The van der Waals surface area contributed by atoms with Gasteiger partial charge in [-0.3, -0.25) is 0 Å². The summed E-state index contributed by atoms with van der Waals surface area (Å²) in [7, 11) is 0. The molecule has 0 radical (unpaired) electrons. The molecule has 8 aromatic rings. The van der Waals surface area contributed by atoms with Gasteiger partial charge in [0.15, 0.2) is 0 Å². The predicted octanol–water partition coefficient (Wildman–Crippen LogP) is 13.1. The van der Waals surface area contributed by atoms with E-state index in [0.29, 0.717) is 11.1 Å². The molecule has 0 amide bonds. The summed E-state index contributed by atoms with van der Waals surface area (Å²) in [6.45, 7) is 4.36. The van der Waals surface area contributed by atoms with Crippen LogP contribution in [0.1, 0.15) is 35.1 Å². The minimum Gasteiger partial charge on any atom is -0.456 e. The first-order valence-electron chi connectivity index (χ1n) is 17.8. The van der Waals surface area contributed by atoms with Crippen molar-refractivity contribution in [3.05, 3.63) is 174 Å². The molecule has 0 atom stereocenters. The van der Waals surface area contributed by atoms with Gasteiger partial charge in [0.05, 0.1) is 23.3 Å². The Morgan fingerprint density at radius 2 is 1.06 bits per heavy atom. The number of nitriles is 2. The fraction of sp³-hybridized carbons (Fsp3) is 0.0833. The first-order valence-corrected chi connectivity index (χ1v) is 17.8. The van der Waals surface area contributed by atoms with Crippen LogP contribution < -0.4 is 9.80 Å². The van der Waals surface area contributed by atoms with Gasteiger partial charge in [-0.25, -0.2) is 0 Å². The van der Waals surface area contributed by atoms with Crippen molar-refractivity contribution >= 4 is 71.9 Å². The van der Waals surface area contributed by atoms with Gasteiger partial charge < -0.3 is 14.2 Å². The van der Waals surface area contributed by atoms with Crippen molar-refractivity contribution in [3.8, 4) is 12.1 Å². The molecule has 0 N–H and O–H groups in total. The third-order valence-electron chi connectivity index (χ3n) is 10.5. The summed E-state index contributed by atoms with van der Waals surface area (Å²) in [5, 5.41) is 25.6. The first-order chi connectivity index (χ1) is 26.0. The number of aryl methyl sites for hydroxylation is 2. The van der Waals surface area contributed by atoms with Gasteiger partial charge in [-0.15, -0.1) is 0 Å². The molecule has 7 aromatic carbocycles. The summed E-state index contributed by atoms with van der Waals surface area (Å²) in [5.74, 6) is 0. The van der Waals surface area contributed by atoms with Crippen molar-refractivity contribution in [1.82, 2.24) is 0 Å². The highest BCUT2D eigenvalue weighted by atomic mass is 16.3. The van der Waals surface area contributed by atoms with Crippen molar-refractivity contribution in [2.24, 2.45) is 0 Å². The normalized spacial score (nSPS) is 12.6. The Bertz CT molecular complexity index is 2870. The van der Waals surface area contributed by atoms with Gasteiger partial charge in [-0.2, -0.15) is 10.5 Å². The van der Waals surface area contributed by atoms with Crippen molar-refractivity contribution < 1.29 is 4.42 Å². The molecule has 0 aliphatic heterocycles. The van der Waals surface area contributed by atoms with Crippen LogP contribution in [0.5, 0.6) is 0 Å². The number of benzene rings is 7. The van der Waals surface area contributed by atoms with Crippen molar-refractivity contribution in [2.45, 2.75) is 26.7 Å². The van der Waals surface area contributed by atoms with E-state index in [1.165, 1.54) is 11.3 Å². The monoisotopic (exact) mass is 682 g/mol. The molecule has 0 spiro atoms. The largest absolute Gasteiger partial charge is 0.456 e. The van der Waals surface area contributed by atoms with Crippen LogP contribution in [0.15, 0.2) is 156 Å². The lowest BCUT2D eigenvalue weighted by Gasteiger charge is -2.30. The maximum Gasteiger partial charge on any atom is 0.136 e. The van der Waals surface area contributed by atoms with Crippen LogP contribution >= 0.6 is 0 Å². The second-order valence-corrected chi connectivity index (χ2v) is 13.6. The highest BCUT2D eigenvalue weighted by Gasteiger charge is 2.21. The Kier molecular flexibility index (Phi) is 7.76. The molecule has 1 aliphatic carbocycles. The molecule has 1 aromatic heterocycles. The second-order valence-electron chi connectivity index (χ2n) is 13.6. The number of hydrogen-bond donors (Lipinski definition) is 0. The van der Waals surface area contributed by atoms with Crippen LogP contribution in [-0.4, -0.2) is 0 Å². The van der Waals surface area contributed by atoms with Gasteiger partial charge in [0.2, 0.25) is 0 Å². The zero-order valence-corrected chi connectivity index (χ0v) is 29.5. The van der Waals surface area contributed by atoms with Crippen LogP contribution in [-0.2, 0) is 0 Å². The minimum atomic E-state index is 0.631. The molecule has 0 saturated carbocycles. The minimum absolute atomic E-state index is 0.631. The average Bonchev–Trinajstić information content (AvgIpc) is 3.56. The predicted molar refractivity (Wildman–Crippen MR) is 217 cm³/mol. The molecule has 0 bridgehead atoms. The van der Waals surface area contributed by atoms with E-state index in [0.717, 1.165) is 90.3 Å². The molecule has 5 nitrogen and oxygen atoms in total. The van der Waals surface area contributed by atoms with E-state index in [-0.39, 0.29) is 0 Å². The van der Waals surface area contributed by atoms with E-state index in [4.69, 9.17) is 4.42 Å². The Balaban J connectivity index is 1.18. The number of fused-ring (bicyclic) bond motifs is 5.